The lowest BCUT2D eigenvalue weighted by Crippen LogP contribution is -2.28. The summed E-state index contributed by atoms with van der Waals surface area (Å²) in [5.41, 5.74) is -2.68. The van der Waals surface area contributed by atoms with Crippen LogP contribution in [0.15, 0.2) is 42.5 Å². The van der Waals surface area contributed by atoms with Crippen LogP contribution < -0.4 is 10.1 Å². The van der Waals surface area contributed by atoms with Gasteiger partial charge in [0.2, 0.25) is 0 Å². The van der Waals surface area contributed by atoms with Crippen LogP contribution in [-0.2, 0) is 6.18 Å². The van der Waals surface area contributed by atoms with Gasteiger partial charge in [-0.3, -0.25) is 14.9 Å². The lowest BCUT2D eigenvalue weighted by molar-refractivity contribution is -0.385. The van der Waals surface area contributed by atoms with E-state index in [0.29, 0.717) is 12.1 Å². The number of para-hydroxylation sites is 1. The van der Waals surface area contributed by atoms with E-state index in [0.717, 1.165) is 6.07 Å². The number of carbonyl (C=O) groups is 1. The van der Waals surface area contributed by atoms with Crippen molar-refractivity contribution in [2.75, 3.05) is 13.2 Å². The molecule has 0 saturated carbocycles. The van der Waals surface area contributed by atoms with E-state index in [1.54, 1.807) is 6.07 Å². The van der Waals surface area contributed by atoms with Crippen molar-refractivity contribution in [1.82, 2.24) is 5.32 Å². The number of amides is 1. The monoisotopic (exact) mass is 372 g/mol. The van der Waals surface area contributed by atoms with E-state index < -0.39 is 39.6 Å². The number of hydrogen-bond donors (Lipinski definition) is 1. The lowest BCUT2D eigenvalue weighted by Gasteiger charge is -2.10. The molecule has 26 heavy (non-hydrogen) atoms. The van der Waals surface area contributed by atoms with Crippen LogP contribution in [0, 0.1) is 15.9 Å². The molecule has 0 bridgehead atoms. The number of hydrogen-bond acceptors (Lipinski definition) is 4. The van der Waals surface area contributed by atoms with Gasteiger partial charge in [-0.25, -0.2) is 4.39 Å². The summed E-state index contributed by atoms with van der Waals surface area (Å²) in [5.74, 6) is -1.60. The third-order valence-electron chi connectivity index (χ3n) is 3.20. The summed E-state index contributed by atoms with van der Waals surface area (Å²) < 4.78 is 56.8. The molecule has 0 radical (unpaired) electrons. The Bertz CT molecular complexity index is 824. The maximum atomic E-state index is 13.3. The molecule has 0 spiro atoms. The highest BCUT2D eigenvalue weighted by Crippen LogP contribution is 2.32. The van der Waals surface area contributed by atoms with Crippen LogP contribution in [0.25, 0.3) is 0 Å². The molecule has 0 heterocycles. The van der Waals surface area contributed by atoms with Gasteiger partial charge in [-0.2, -0.15) is 13.2 Å². The van der Waals surface area contributed by atoms with Crippen molar-refractivity contribution < 1.29 is 32.0 Å². The molecule has 0 aliphatic heterocycles. The third kappa shape index (κ3) is 4.91. The minimum absolute atomic E-state index is 0.0449. The zero-order valence-corrected chi connectivity index (χ0v) is 13.0. The number of nitro groups is 1. The van der Waals surface area contributed by atoms with E-state index in [1.165, 1.54) is 18.2 Å². The predicted molar refractivity (Wildman–Crippen MR) is 82.3 cm³/mol. The average Bonchev–Trinajstić information content (AvgIpc) is 2.58. The van der Waals surface area contributed by atoms with Crippen LogP contribution in [0.4, 0.5) is 23.2 Å². The topological polar surface area (TPSA) is 81.5 Å². The molecule has 1 N–H and O–H groups in total. The molecule has 10 heteroatoms. The number of benzene rings is 2. The number of carbonyl (C=O) groups excluding carboxylic acids is 1. The van der Waals surface area contributed by atoms with E-state index in [4.69, 9.17) is 4.74 Å². The van der Waals surface area contributed by atoms with Gasteiger partial charge >= 0.3 is 6.18 Å². The van der Waals surface area contributed by atoms with Crippen LogP contribution in [0.1, 0.15) is 15.9 Å². The first-order valence-electron chi connectivity index (χ1n) is 7.20. The van der Waals surface area contributed by atoms with Crippen molar-refractivity contribution in [2.45, 2.75) is 6.18 Å². The quantitative estimate of drug-likeness (QED) is 0.364. The van der Waals surface area contributed by atoms with Crippen LogP contribution in [0.5, 0.6) is 5.75 Å². The zero-order chi connectivity index (χ0) is 19.3. The Kier molecular flexibility index (Phi) is 5.75. The molecule has 0 unspecified atom stereocenters. The minimum Gasteiger partial charge on any atom is -0.489 e. The van der Waals surface area contributed by atoms with E-state index >= 15 is 0 Å². The molecular weight excluding hydrogens is 360 g/mol. The second kappa shape index (κ2) is 7.81. The molecular formula is C16H12F4N2O4. The molecule has 6 nitrogen and oxygen atoms in total. The zero-order valence-electron chi connectivity index (χ0n) is 13.0. The van der Waals surface area contributed by atoms with Crippen molar-refractivity contribution in [3.63, 3.8) is 0 Å². The summed E-state index contributed by atoms with van der Waals surface area (Å²) in [5, 5.41) is 13.0. The molecule has 2 aromatic rings. The van der Waals surface area contributed by atoms with E-state index in [-0.39, 0.29) is 18.9 Å². The van der Waals surface area contributed by atoms with Gasteiger partial charge in [0.15, 0.2) is 11.6 Å². The number of ether oxygens (including phenoxy) is 1. The Hall–Kier alpha value is -3.17. The summed E-state index contributed by atoms with van der Waals surface area (Å²) >= 11 is 0. The summed E-state index contributed by atoms with van der Waals surface area (Å²) in [6, 6.07) is 7.15. The molecule has 2 rings (SSSR count). The van der Waals surface area contributed by atoms with Gasteiger partial charge < -0.3 is 10.1 Å². The van der Waals surface area contributed by atoms with Gasteiger partial charge in [0, 0.05) is 17.7 Å². The largest absolute Gasteiger partial charge is 0.489 e. The Morgan fingerprint density at radius 3 is 2.50 bits per heavy atom. The third-order valence-corrected chi connectivity index (χ3v) is 3.20. The summed E-state index contributed by atoms with van der Waals surface area (Å²) in [7, 11) is 0. The van der Waals surface area contributed by atoms with Crippen LogP contribution in [-0.4, -0.2) is 24.0 Å². The fourth-order valence-corrected chi connectivity index (χ4v) is 2.00. The standard InChI is InChI=1S/C16H12F4N2O4/c17-13-3-1-2-4-14(13)26-6-5-21-15(23)10-7-11(16(18,19)20)9-12(8-10)22(24)25/h1-4,7-9H,5-6H2,(H,21,23). The normalized spacial score (nSPS) is 11.1. The van der Waals surface area contributed by atoms with Gasteiger partial charge in [0.1, 0.15) is 6.61 Å². The van der Waals surface area contributed by atoms with Crippen molar-refractivity contribution in [2.24, 2.45) is 0 Å². The van der Waals surface area contributed by atoms with Gasteiger partial charge in [0.25, 0.3) is 11.6 Å². The number of halogens is 4. The number of rotatable bonds is 6. The SMILES string of the molecule is O=C(NCCOc1ccccc1F)c1cc([N+](=O)[O-])cc(C(F)(F)F)c1. The number of non-ortho nitro benzene ring substituents is 1. The first-order chi connectivity index (χ1) is 12.2. The Balaban J connectivity index is 2.03. The molecule has 0 saturated heterocycles. The van der Waals surface area contributed by atoms with Gasteiger partial charge in [-0.1, -0.05) is 12.1 Å². The second-order valence-electron chi connectivity index (χ2n) is 5.06. The maximum Gasteiger partial charge on any atom is 0.416 e. The summed E-state index contributed by atoms with van der Waals surface area (Å²) in [6.45, 7) is -0.287. The van der Waals surface area contributed by atoms with Crippen LogP contribution >= 0.6 is 0 Å². The molecule has 0 aliphatic rings. The van der Waals surface area contributed by atoms with Crippen LogP contribution in [0.3, 0.4) is 0 Å². The molecule has 0 aromatic heterocycles. The molecule has 0 fully saturated rings. The molecule has 2 aromatic carbocycles. The number of nitrogens with one attached hydrogen (secondary N) is 1. The van der Waals surface area contributed by atoms with Crippen molar-refractivity contribution in [1.29, 1.82) is 0 Å². The van der Waals surface area contributed by atoms with Gasteiger partial charge in [-0.05, 0) is 18.2 Å². The highest BCUT2D eigenvalue weighted by atomic mass is 19.4. The second-order valence-corrected chi connectivity index (χ2v) is 5.06. The molecule has 1 amide bonds. The Morgan fingerprint density at radius 1 is 1.19 bits per heavy atom. The van der Waals surface area contributed by atoms with Gasteiger partial charge in [0.05, 0.1) is 17.0 Å². The number of nitro benzene ring substituents is 1. The average molecular weight is 372 g/mol. The maximum absolute atomic E-state index is 13.3. The first-order valence-corrected chi connectivity index (χ1v) is 7.20. The smallest absolute Gasteiger partial charge is 0.416 e. The summed E-state index contributed by atoms with van der Waals surface area (Å²) in [4.78, 5) is 21.7. The summed E-state index contributed by atoms with van der Waals surface area (Å²) in [6.07, 6.45) is -4.84. The van der Waals surface area contributed by atoms with E-state index in [2.05, 4.69) is 5.32 Å². The van der Waals surface area contributed by atoms with Gasteiger partial charge in [-0.15, -0.1) is 0 Å². The van der Waals surface area contributed by atoms with E-state index in [1.807, 2.05) is 0 Å². The fraction of sp³-hybridized carbons (Fsp3) is 0.188. The van der Waals surface area contributed by atoms with Crippen LogP contribution in [0.2, 0.25) is 0 Å². The number of alkyl halides is 3. The molecule has 138 valence electrons. The van der Waals surface area contributed by atoms with Crippen molar-refractivity contribution in [3.05, 3.63) is 69.5 Å². The first kappa shape index (κ1) is 19.2. The highest BCUT2D eigenvalue weighted by molar-refractivity contribution is 5.95. The lowest BCUT2D eigenvalue weighted by atomic mass is 10.1. The predicted octanol–water partition coefficient (Wildman–Crippen LogP) is 3.56. The number of nitrogens with zero attached hydrogens (tertiary/aromatic N) is 1. The fourth-order valence-electron chi connectivity index (χ4n) is 2.00. The minimum atomic E-state index is -4.84. The Morgan fingerprint density at radius 2 is 1.88 bits per heavy atom. The van der Waals surface area contributed by atoms with Crippen molar-refractivity contribution in [3.8, 4) is 5.75 Å². The molecule has 0 atom stereocenters. The highest BCUT2D eigenvalue weighted by Gasteiger charge is 2.33. The van der Waals surface area contributed by atoms with E-state index in [9.17, 15) is 32.5 Å². The Labute approximate surface area is 144 Å². The van der Waals surface area contributed by atoms with Crippen molar-refractivity contribution >= 4 is 11.6 Å². The molecule has 0 aliphatic carbocycles.